The average Bonchev–Trinajstić information content (AvgIpc) is 3.52. The molecule has 46 heavy (non-hydrogen) atoms. The lowest BCUT2D eigenvalue weighted by Gasteiger charge is -2.42. The predicted octanol–water partition coefficient (Wildman–Crippen LogP) is 9.05. The lowest BCUT2D eigenvalue weighted by atomic mass is 9.98. The summed E-state index contributed by atoms with van der Waals surface area (Å²) in [4.78, 5) is 7.04. The van der Waals surface area contributed by atoms with Crippen LogP contribution >= 0.6 is 46.4 Å². The number of halogens is 4. The second kappa shape index (κ2) is 13.4. The Labute approximate surface area is 289 Å². The van der Waals surface area contributed by atoms with Crippen molar-refractivity contribution in [2.24, 2.45) is 0 Å². The molecule has 4 N–H and O–H groups in total. The molecule has 0 aliphatic carbocycles. The summed E-state index contributed by atoms with van der Waals surface area (Å²) >= 11 is 25.5. The summed E-state index contributed by atoms with van der Waals surface area (Å²) in [6.07, 6.45) is 5.76. The molecule has 238 valence electrons. The first-order chi connectivity index (χ1) is 22.0. The van der Waals surface area contributed by atoms with Crippen LogP contribution in [0.3, 0.4) is 0 Å². The maximum Gasteiger partial charge on any atom is 0.103 e. The van der Waals surface area contributed by atoms with Crippen LogP contribution in [-0.2, 0) is 0 Å². The molecule has 3 aromatic carbocycles. The molecule has 0 bridgehead atoms. The topological polar surface area (TPSA) is 91.3 Å². The predicted molar refractivity (Wildman–Crippen MR) is 190 cm³/mol. The minimum absolute atomic E-state index is 0.161. The number of pyridine rings is 1. The Balaban J connectivity index is 1.34. The molecule has 0 saturated carbocycles. The minimum atomic E-state index is -0.281. The van der Waals surface area contributed by atoms with Crippen LogP contribution in [0.15, 0.2) is 72.7 Å². The fourth-order valence-corrected chi connectivity index (χ4v) is 6.64. The second-order valence-corrected chi connectivity index (χ2v) is 14.2. The Kier molecular flexibility index (Phi) is 9.45. The SMILES string of the molecule is CC(C)(C)N1CCC(N2C=C([C@@H](Nc3cc(Cl)c4ncc(C#N)c(Nc5ccc(Cl)c(Cl)c5)c4c3)c3ccc(Cl)cc3)NN2)CC1. The fourth-order valence-electron chi connectivity index (χ4n) is 5.94. The van der Waals surface area contributed by atoms with Crippen molar-refractivity contribution in [3.05, 3.63) is 104 Å². The Morgan fingerprint density at radius 1 is 0.935 bits per heavy atom. The average molecular weight is 697 g/mol. The van der Waals surface area contributed by atoms with Crippen LogP contribution in [0.25, 0.3) is 10.9 Å². The molecule has 0 spiro atoms. The van der Waals surface area contributed by atoms with Gasteiger partial charge in [-0.1, -0.05) is 58.5 Å². The van der Waals surface area contributed by atoms with Crippen LogP contribution in [0.2, 0.25) is 20.1 Å². The van der Waals surface area contributed by atoms with Gasteiger partial charge in [-0.15, -0.1) is 5.53 Å². The number of aromatic nitrogens is 1. The number of nitrogens with zero attached hydrogens (tertiary/aromatic N) is 4. The van der Waals surface area contributed by atoms with Crippen molar-refractivity contribution in [1.29, 1.82) is 5.26 Å². The maximum absolute atomic E-state index is 9.97. The van der Waals surface area contributed by atoms with Crippen molar-refractivity contribution >= 4 is 74.4 Å². The van der Waals surface area contributed by atoms with E-state index in [1.54, 1.807) is 18.2 Å². The number of nitrogens with one attached hydrogen (secondary N) is 4. The molecular formula is C34H34Cl4N8. The number of anilines is 3. The summed E-state index contributed by atoms with van der Waals surface area (Å²) in [6, 6.07) is 19.1. The summed E-state index contributed by atoms with van der Waals surface area (Å²) < 4.78 is 0. The zero-order valence-corrected chi connectivity index (χ0v) is 28.7. The lowest BCUT2D eigenvalue weighted by molar-refractivity contribution is 0.0570. The van der Waals surface area contributed by atoms with Gasteiger partial charge in [-0.2, -0.15) is 5.26 Å². The van der Waals surface area contributed by atoms with E-state index in [0.29, 0.717) is 54.0 Å². The third kappa shape index (κ3) is 6.96. The van der Waals surface area contributed by atoms with Crippen molar-refractivity contribution in [1.82, 2.24) is 25.9 Å². The maximum atomic E-state index is 9.97. The van der Waals surface area contributed by atoms with Crippen LogP contribution in [0, 0.1) is 11.3 Å². The monoisotopic (exact) mass is 694 g/mol. The normalized spacial score (nSPS) is 16.6. The van der Waals surface area contributed by atoms with Crippen molar-refractivity contribution in [3.8, 4) is 6.07 Å². The molecule has 0 amide bonds. The van der Waals surface area contributed by atoms with Crippen LogP contribution in [0.4, 0.5) is 17.1 Å². The fraction of sp³-hybridized carbons (Fsp3) is 0.294. The van der Waals surface area contributed by atoms with E-state index in [1.807, 2.05) is 36.4 Å². The van der Waals surface area contributed by atoms with Gasteiger partial charge < -0.3 is 16.1 Å². The van der Waals surface area contributed by atoms with Crippen molar-refractivity contribution < 1.29 is 0 Å². The van der Waals surface area contributed by atoms with E-state index in [-0.39, 0.29) is 11.6 Å². The van der Waals surface area contributed by atoms with Gasteiger partial charge in [0.15, 0.2) is 0 Å². The van der Waals surface area contributed by atoms with Gasteiger partial charge in [-0.3, -0.25) is 14.9 Å². The van der Waals surface area contributed by atoms with Crippen LogP contribution in [0.5, 0.6) is 0 Å². The number of hydrogen-bond donors (Lipinski definition) is 4. The molecule has 2 aliphatic heterocycles. The van der Waals surface area contributed by atoms with Gasteiger partial charge >= 0.3 is 0 Å². The van der Waals surface area contributed by atoms with Crippen molar-refractivity contribution in [2.45, 2.75) is 51.2 Å². The second-order valence-electron chi connectivity index (χ2n) is 12.5. The van der Waals surface area contributed by atoms with E-state index in [9.17, 15) is 5.26 Å². The van der Waals surface area contributed by atoms with E-state index in [1.165, 1.54) is 6.20 Å². The quantitative estimate of drug-likeness (QED) is 0.152. The lowest BCUT2D eigenvalue weighted by Crippen LogP contribution is -2.52. The summed E-state index contributed by atoms with van der Waals surface area (Å²) in [5.74, 6) is 0. The summed E-state index contributed by atoms with van der Waals surface area (Å²) in [6.45, 7) is 8.90. The van der Waals surface area contributed by atoms with Crippen molar-refractivity contribution in [2.75, 3.05) is 23.7 Å². The highest BCUT2D eigenvalue weighted by Crippen LogP contribution is 2.38. The number of rotatable bonds is 7. The zero-order valence-electron chi connectivity index (χ0n) is 25.6. The van der Waals surface area contributed by atoms with Gasteiger partial charge in [-0.25, -0.2) is 0 Å². The number of hydrazine groups is 2. The van der Waals surface area contributed by atoms with Gasteiger partial charge in [0.1, 0.15) is 6.07 Å². The summed E-state index contributed by atoms with van der Waals surface area (Å²) in [5.41, 5.74) is 11.8. The third-order valence-electron chi connectivity index (χ3n) is 8.47. The Bertz CT molecular complexity index is 1820. The van der Waals surface area contributed by atoms with E-state index in [0.717, 1.165) is 42.9 Å². The first kappa shape index (κ1) is 32.5. The molecule has 0 radical (unpaired) electrons. The first-order valence-electron chi connectivity index (χ1n) is 15.0. The van der Waals surface area contributed by atoms with Gasteiger partial charge in [0.05, 0.1) is 43.6 Å². The standard InChI is InChI=1S/C34H34Cl4N8/c1-34(2,3)45-12-10-25(11-13-45)46-19-30(43-44-46)32(20-4-6-22(35)7-5-20)42-24-14-26-31(41-23-8-9-27(36)28(37)15-23)21(17-39)18-40-33(26)29(38)16-24/h4-9,14-16,18-19,25,32,42-44H,10-13H2,1-3H3,(H,40,41)/t32-/m0/s1. The number of piperidine rings is 1. The van der Waals surface area contributed by atoms with Crippen LogP contribution < -0.4 is 21.6 Å². The molecule has 6 rings (SSSR count). The third-order valence-corrected chi connectivity index (χ3v) is 9.75. The number of nitriles is 1. The molecule has 1 aromatic heterocycles. The number of benzene rings is 3. The van der Waals surface area contributed by atoms with Crippen LogP contribution in [0.1, 0.15) is 50.8 Å². The minimum Gasteiger partial charge on any atom is -0.373 e. The molecule has 1 atom stereocenters. The highest BCUT2D eigenvalue weighted by Gasteiger charge is 2.32. The molecule has 3 heterocycles. The van der Waals surface area contributed by atoms with E-state index in [2.05, 4.69) is 69.5 Å². The number of hydrogen-bond acceptors (Lipinski definition) is 8. The molecule has 0 unspecified atom stereocenters. The molecule has 8 nitrogen and oxygen atoms in total. The van der Waals surface area contributed by atoms with Gasteiger partial charge in [-0.05, 0) is 81.6 Å². The van der Waals surface area contributed by atoms with E-state index >= 15 is 0 Å². The van der Waals surface area contributed by atoms with Gasteiger partial charge in [0.2, 0.25) is 0 Å². The number of likely N-dealkylation sites (tertiary alicyclic amines) is 1. The molecule has 4 aromatic rings. The molecular weight excluding hydrogens is 662 g/mol. The Morgan fingerprint density at radius 2 is 1.65 bits per heavy atom. The van der Waals surface area contributed by atoms with Crippen LogP contribution in [-0.4, -0.2) is 39.6 Å². The highest BCUT2D eigenvalue weighted by atomic mass is 35.5. The zero-order chi connectivity index (χ0) is 32.6. The Morgan fingerprint density at radius 3 is 2.33 bits per heavy atom. The van der Waals surface area contributed by atoms with E-state index in [4.69, 9.17) is 46.4 Å². The molecule has 1 saturated heterocycles. The smallest absolute Gasteiger partial charge is 0.103 e. The highest BCUT2D eigenvalue weighted by molar-refractivity contribution is 6.42. The number of fused-ring (bicyclic) bond motifs is 1. The molecule has 12 heteroatoms. The van der Waals surface area contributed by atoms with Crippen molar-refractivity contribution in [3.63, 3.8) is 0 Å². The van der Waals surface area contributed by atoms with Gasteiger partial charge in [0.25, 0.3) is 0 Å². The van der Waals surface area contributed by atoms with E-state index < -0.39 is 0 Å². The molecule has 2 aliphatic rings. The summed E-state index contributed by atoms with van der Waals surface area (Å²) in [5, 5.41) is 21.8. The molecule has 1 fully saturated rings. The largest absolute Gasteiger partial charge is 0.373 e. The first-order valence-corrected chi connectivity index (χ1v) is 16.5. The Hall–Kier alpha value is -3.42. The summed E-state index contributed by atoms with van der Waals surface area (Å²) in [7, 11) is 0. The van der Waals surface area contributed by atoms with Gasteiger partial charge in [0, 0.05) is 58.9 Å².